The number of carbonyl (C=O) groups is 2. The molecule has 0 amide bonds. The van der Waals surface area contributed by atoms with Gasteiger partial charge >= 0.3 is 5.97 Å². The van der Waals surface area contributed by atoms with E-state index in [0.29, 0.717) is 35.1 Å². The van der Waals surface area contributed by atoms with Gasteiger partial charge < -0.3 is 16.6 Å². The Hall–Kier alpha value is -2.44. The maximum absolute atomic E-state index is 12.4. The highest BCUT2D eigenvalue weighted by molar-refractivity contribution is 6.04. The maximum atomic E-state index is 12.4. The van der Waals surface area contributed by atoms with Crippen molar-refractivity contribution in [1.82, 2.24) is 0 Å². The third kappa shape index (κ3) is 6.27. The van der Waals surface area contributed by atoms with Crippen LogP contribution in [0.25, 0.3) is 11.1 Å². The van der Waals surface area contributed by atoms with Crippen LogP contribution in [-0.4, -0.2) is 23.4 Å². The number of nitrogens with two attached hydrogens (primary N) is 2. The van der Waals surface area contributed by atoms with Gasteiger partial charge in [-0.15, -0.1) is 38.0 Å². The van der Waals surface area contributed by atoms with Crippen LogP contribution >= 0.6 is 24.8 Å². The first kappa shape index (κ1) is 26.6. The highest BCUT2D eigenvalue weighted by atomic mass is 35.5. The van der Waals surface area contributed by atoms with E-state index in [1.54, 1.807) is 24.3 Å². The molecule has 0 aliphatic rings. The summed E-state index contributed by atoms with van der Waals surface area (Å²) in [7, 11) is 0. The molecule has 2 aromatic carbocycles. The van der Waals surface area contributed by atoms with Gasteiger partial charge in [0.1, 0.15) is 6.04 Å². The number of carbonyl (C=O) groups excluding carboxylic acids is 1. The van der Waals surface area contributed by atoms with Gasteiger partial charge in [-0.3, -0.25) is 9.59 Å². The van der Waals surface area contributed by atoms with E-state index in [0.717, 1.165) is 11.1 Å². The Balaban J connectivity index is 0.00000392. The van der Waals surface area contributed by atoms with Crippen LogP contribution in [0.2, 0.25) is 0 Å². The Labute approximate surface area is 183 Å². The molecule has 0 aromatic heterocycles. The van der Waals surface area contributed by atoms with Gasteiger partial charge in [0.2, 0.25) is 0 Å². The number of hydrogen-bond acceptors (Lipinski definition) is 4. The largest absolute Gasteiger partial charge is 0.480 e. The lowest BCUT2D eigenvalue weighted by Crippen LogP contribution is -2.22. The van der Waals surface area contributed by atoms with Crippen LogP contribution in [0.5, 0.6) is 0 Å². The Morgan fingerprint density at radius 2 is 1.48 bits per heavy atom. The number of carboxylic acid groups (broad SMARTS) is 1. The van der Waals surface area contributed by atoms with Crippen molar-refractivity contribution in [2.45, 2.75) is 18.9 Å². The fourth-order valence-electron chi connectivity index (χ4n) is 3.00. The molecule has 5 nitrogen and oxygen atoms in total. The topological polar surface area (TPSA) is 106 Å². The Bertz CT molecular complexity index is 898. The SMILES string of the molecule is C=CCc1ccc(C(=O)CN)c(-c2cc(CC=C)ccc2C(N)C(=O)O)c1.Cl.Cl. The zero-order valence-corrected chi connectivity index (χ0v) is 17.6. The number of allylic oxidation sites excluding steroid dienone is 2. The van der Waals surface area contributed by atoms with E-state index in [2.05, 4.69) is 13.2 Å². The molecule has 5 N–H and O–H groups in total. The van der Waals surface area contributed by atoms with Gasteiger partial charge in [0, 0.05) is 5.56 Å². The van der Waals surface area contributed by atoms with E-state index in [1.165, 1.54) is 0 Å². The summed E-state index contributed by atoms with van der Waals surface area (Å²) in [5.74, 6) is -1.36. The summed E-state index contributed by atoms with van der Waals surface area (Å²) >= 11 is 0. The molecule has 0 aliphatic heterocycles. The summed E-state index contributed by atoms with van der Waals surface area (Å²) in [6, 6.07) is 9.61. The predicted octanol–water partition coefficient (Wildman–Crippen LogP) is 3.88. The minimum Gasteiger partial charge on any atom is -0.480 e. The number of aliphatic carboxylic acids is 1. The zero-order valence-electron chi connectivity index (χ0n) is 16.0. The van der Waals surface area contributed by atoms with Crippen molar-refractivity contribution >= 4 is 36.6 Å². The van der Waals surface area contributed by atoms with Gasteiger partial charge in [0.25, 0.3) is 0 Å². The molecule has 0 spiro atoms. The lowest BCUT2D eigenvalue weighted by atomic mass is 9.87. The van der Waals surface area contributed by atoms with Gasteiger partial charge in [0.05, 0.1) is 6.54 Å². The van der Waals surface area contributed by atoms with Crippen LogP contribution in [0.3, 0.4) is 0 Å². The zero-order chi connectivity index (χ0) is 20.0. The lowest BCUT2D eigenvalue weighted by Gasteiger charge is -2.18. The summed E-state index contributed by atoms with van der Waals surface area (Å²) in [4.78, 5) is 23.9. The molecule has 1 unspecified atom stereocenters. The molecule has 0 heterocycles. The van der Waals surface area contributed by atoms with Crippen LogP contribution in [0, 0.1) is 0 Å². The van der Waals surface area contributed by atoms with Crippen LogP contribution in [0.4, 0.5) is 0 Å². The van der Waals surface area contributed by atoms with Crippen molar-refractivity contribution in [2.75, 3.05) is 6.54 Å². The minimum absolute atomic E-state index is 0. The molecule has 0 saturated heterocycles. The molecule has 0 radical (unpaired) electrons. The van der Waals surface area contributed by atoms with Crippen LogP contribution < -0.4 is 11.5 Å². The van der Waals surface area contributed by atoms with Gasteiger partial charge in [-0.25, -0.2) is 0 Å². The number of ketones is 1. The molecule has 29 heavy (non-hydrogen) atoms. The minimum atomic E-state index is -1.21. The van der Waals surface area contributed by atoms with Crippen LogP contribution in [0.15, 0.2) is 61.7 Å². The van der Waals surface area contributed by atoms with Gasteiger partial charge in [0.15, 0.2) is 5.78 Å². The first-order valence-corrected chi connectivity index (χ1v) is 8.62. The third-order valence-electron chi connectivity index (χ3n) is 4.34. The molecule has 7 heteroatoms. The monoisotopic (exact) mass is 436 g/mol. The average molecular weight is 437 g/mol. The summed E-state index contributed by atoms with van der Waals surface area (Å²) in [5.41, 5.74) is 15.5. The number of carboxylic acids is 1. The lowest BCUT2D eigenvalue weighted by molar-refractivity contribution is -0.138. The Kier molecular flexibility index (Phi) is 11.2. The molecule has 0 aliphatic carbocycles. The fraction of sp³-hybridized carbons (Fsp3) is 0.182. The smallest absolute Gasteiger partial charge is 0.325 e. The van der Waals surface area contributed by atoms with Crippen LogP contribution in [-0.2, 0) is 17.6 Å². The molecule has 0 fully saturated rings. The predicted molar refractivity (Wildman–Crippen MR) is 122 cm³/mol. The number of benzene rings is 2. The second-order valence-corrected chi connectivity index (χ2v) is 6.23. The molecule has 2 aromatic rings. The van der Waals surface area contributed by atoms with Crippen molar-refractivity contribution in [3.63, 3.8) is 0 Å². The number of hydrogen-bond donors (Lipinski definition) is 3. The second kappa shape index (κ2) is 12.2. The molecule has 1 atom stereocenters. The Morgan fingerprint density at radius 3 is 1.97 bits per heavy atom. The van der Waals surface area contributed by atoms with Crippen molar-refractivity contribution in [1.29, 1.82) is 0 Å². The quantitative estimate of drug-likeness (QED) is 0.408. The van der Waals surface area contributed by atoms with E-state index in [-0.39, 0.29) is 37.1 Å². The van der Waals surface area contributed by atoms with E-state index >= 15 is 0 Å². The maximum Gasteiger partial charge on any atom is 0.325 e. The molecule has 0 bridgehead atoms. The van der Waals surface area contributed by atoms with Crippen molar-refractivity contribution in [2.24, 2.45) is 11.5 Å². The van der Waals surface area contributed by atoms with E-state index < -0.39 is 12.0 Å². The summed E-state index contributed by atoms with van der Waals surface area (Å²) in [5, 5.41) is 9.40. The van der Waals surface area contributed by atoms with Crippen molar-refractivity contribution in [3.8, 4) is 11.1 Å². The van der Waals surface area contributed by atoms with Crippen molar-refractivity contribution < 1.29 is 14.7 Å². The highest BCUT2D eigenvalue weighted by Gasteiger charge is 2.22. The average Bonchev–Trinajstić information content (AvgIpc) is 2.67. The third-order valence-corrected chi connectivity index (χ3v) is 4.34. The van der Waals surface area contributed by atoms with Crippen LogP contribution in [0.1, 0.15) is 33.1 Å². The molecular formula is C22H26Cl2N2O3. The number of Topliss-reactive ketones (excluding diaryl/α,β-unsaturated/α-hetero) is 1. The van der Waals surface area contributed by atoms with Crippen molar-refractivity contribution in [3.05, 3.63) is 84.0 Å². The fourth-order valence-corrected chi connectivity index (χ4v) is 3.00. The van der Waals surface area contributed by atoms with Gasteiger partial charge in [-0.2, -0.15) is 0 Å². The number of halogens is 2. The first-order valence-electron chi connectivity index (χ1n) is 8.62. The Morgan fingerprint density at radius 1 is 0.966 bits per heavy atom. The first-order chi connectivity index (χ1) is 12.9. The second-order valence-electron chi connectivity index (χ2n) is 6.23. The normalized spacial score (nSPS) is 10.8. The van der Waals surface area contributed by atoms with Gasteiger partial charge in [-0.1, -0.05) is 48.6 Å². The molecule has 0 saturated carbocycles. The standard InChI is InChI=1S/C22H24N2O3.2ClH/c1-3-5-14-7-9-16(20(25)13-23)18(11-14)19-12-15(6-4-2)8-10-17(19)21(24)22(26)27;;/h3-4,7-12,21H,1-2,5-6,13,23-24H2,(H,26,27);2*1H. The van der Waals surface area contributed by atoms with E-state index in [4.69, 9.17) is 11.5 Å². The number of rotatable bonds is 9. The molecule has 2 rings (SSSR count). The van der Waals surface area contributed by atoms with E-state index in [1.807, 2.05) is 24.3 Å². The summed E-state index contributed by atoms with van der Waals surface area (Å²) < 4.78 is 0. The summed E-state index contributed by atoms with van der Waals surface area (Å²) in [6.07, 6.45) is 4.76. The molecular weight excluding hydrogens is 411 g/mol. The highest BCUT2D eigenvalue weighted by Crippen LogP contribution is 2.33. The molecule has 156 valence electrons. The van der Waals surface area contributed by atoms with Gasteiger partial charge in [-0.05, 0) is 40.7 Å². The summed E-state index contributed by atoms with van der Waals surface area (Å²) in [6.45, 7) is 7.35. The van der Waals surface area contributed by atoms with E-state index in [9.17, 15) is 14.7 Å².